The lowest BCUT2D eigenvalue weighted by Crippen LogP contribution is -2.49. The molecule has 6 nitrogen and oxygen atoms in total. The van der Waals surface area contributed by atoms with E-state index in [2.05, 4.69) is 44.5 Å². The van der Waals surface area contributed by atoms with Crippen molar-refractivity contribution >= 4 is 33.3 Å². The smallest absolute Gasteiger partial charge is 0.223 e. The van der Waals surface area contributed by atoms with Gasteiger partial charge in [0.15, 0.2) is 0 Å². The van der Waals surface area contributed by atoms with Gasteiger partial charge in [-0.1, -0.05) is 42.5 Å². The number of nitrogens with zero attached hydrogens (tertiary/aromatic N) is 4. The standard InChI is InChI=1S/C26H26N4O2S/c1-32-21-10-7-19(8-11-21)9-12-23(31)29-13-15-30(16-14-29)25-24-22(20-5-3-2-4-6-20)17-33-26(24)28-18-27-25/h2-8,10-11,17-18H,9,12-16H2,1H3. The first-order valence-corrected chi connectivity index (χ1v) is 12.0. The molecule has 3 heterocycles. The lowest BCUT2D eigenvalue weighted by molar-refractivity contribution is -0.131. The Kier molecular flexibility index (Phi) is 6.21. The van der Waals surface area contributed by atoms with Crippen molar-refractivity contribution in [2.45, 2.75) is 12.8 Å². The molecule has 4 aromatic rings. The summed E-state index contributed by atoms with van der Waals surface area (Å²) in [5.74, 6) is 2.00. The van der Waals surface area contributed by atoms with Gasteiger partial charge in [-0.25, -0.2) is 9.97 Å². The Bertz CT molecular complexity index is 1230. The van der Waals surface area contributed by atoms with Crippen molar-refractivity contribution in [3.05, 3.63) is 71.9 Å². The van der Waals surface area contributed by atoms with Crippen LogP contribution in [0.2, 0.25) is 0 Å². The van der Waals surface area contributed by atoms with E-state index >= 15 is 0 Å². The molecule has 7 heteroatoms. The Balaban J connectivity index is 1.25. The summed E-state index contributed by atoms with van der Waals surface area (Å²) in [6.07, 6.45) is 2.91. The molecule has 0 spiro atoms. The number of hydrogen-bond acceptors (Lipinski definition) is 6. The molecule has 0 N–H and O–H groups in total. The number of carbonyl (C=O) groups is 1. The largest absolute Gasteiger partial charge is 0.497 e. The van der Waals surface area contributed by atoms with Crippen LogP contribution in [0.4, 0.5) is 5.82 Å². The van der Waals surface area contributed by atoms with Crippen LogP contribution in [0.5, 0.6) is 5.75 Å². The van der Waals surface area contributed by atoms with Gasteiger partial charge in [0.2, 0.25) is 5.91 Å². The van der Waals surface area contributed by atoms with Crippen molar-refractivity contribution in [2.75, 3.05) is 38.2 Å². The highest BCUT2D eigenvalue weighted by Crippen LogP contribution is 2.38. The van der Waals surface area contributed by atoms with Gasteiger partial charge in [-0.2, -0.15) is 0 Å². The molecule has 168 valence electrons. The number of fused-ring (bicyclic) bond motifs is 1. The van der Waals surface area contributed by atoms with Crippen molar-refractivity contribution in [3.8, 4) is 16.9 Å². The molecule has 1 saturated heterocycles. The van der Waals surface area contributed by atoms with Crippen LogP contribution in [-0.2, 0) is 11.2 Å². The Hall–Kier alpha value is -3.45. The number of rotatable bonds is 6. The van der Waals surface area contributed by atoms with Gasteiger partial charge >= 0.3 is 0 Å². The van der Waals surface area contributed by atoms with E-state index < -0.39 is 0 Å². The SMILES string of the molecule is COc1ccc(CCC(=O)N2CCN(c3ncnc4scc(-c5ccccc5)c34)CC2)cc1. The number of aryl methyl sites for hydroxylation is 1. The average Bonchev–Trinajstić information content (AvgIpc) is 3.33. The number of benzene rings is 2. The second-order valence-electron chi connectivity index (χ2n) is 8.11. The minimum absolute atomic E-state index is 0.207. The Morgan fingerprint density at radius 2 is 1.76 bits per heavy atom. The molecular formula is C26H26N4O2S. The van der Waals surface area contributed by atoms with Crippen molar-refractivity contribution in [1.82, 2.24) is 14.9 Å². The summed E-state index contributed by atoms with van der Waals surface area (Å²) < 4.78 is 5.20. The van der Waals surface area contributed by atoms with Crippen molar-refractivity contribution < 1.29 is 9.53 Å². The number of anilines is 1. The van der Waals surface area contributed by atoms with Gasteiger partial charge in [-0.05, 0) is 29.7 Å². The van der Waals surface area contributed by atoms with Crippen LogP contribution in [-0.4, -0.2) is 54.1 Å². The van der Waals surface area contributed by atoms with Gasteiger partial charge in [0.1, 0.15) is 22.7 Å². The topological polar surface area (TPSA) is 58.6 Å². The maximum absolute atomic E-state index is 12.8. The van der Waals surface area contributed by atoms with Crippen molar-refractivity contribution in [1.29, 1.82) is 0 Å². The van der Waals surface area contributed by atoms with Crippen LogP contribution in [0.25, 0.3) is 21.3 Å². The van der Waals surface area contributed by atoms with E-state index in [4.69, 9.17) is 4.74 Å². The van der Waals surface area contributed by atoms with E-state index in [9.17, 15) is 4.79 Å². The van der Waals surface area contributed by atoms with Crippen LogP contribution in [0.15, 0.2) is 66.3 Å². The molecule has 0 atom stereocenters. The van der Waals surface area contributed by atoms with E-state index in [-0.39, 0.29) is 5.91 Å². The van der Waals surface area contributed by atoms with Crippen LogP contribution in [0, 0.1) is 0 Å². The molecule has 0 bridgehead atoms. The van der Waals surface area contributed by atoms with E-state index in [1.54, 1.807) is 24.8 Å². The van der Waals surface area contributed by atoms with Crippen molar-refractivity contribution in [3.63, 3.8) is 0 Å². The monoisotopic (exact) mass is 458 g/mol. The second-order valence-corrected chi connectivity index (χ2v) is 8.97. The molecule has 5 rings (SSSR count). The molecule has 1 fully saturated rings. The van der Waals surface area contributed by atoms with Crippen LogP contribution < -0.4 is 9.64 Å². The molecule has 0 saturated carbocycles. The van der Waals surface area contributed by atoms with Gasteiger partial charge in [0.25, 0.3) is 0 Å². The van der Waals surface area contributed by atoms with E-state index in [0.717, 1.165) is 46.9 Å². The number of ether oxygens (including phenoxy) is 1. The molecule has 33 heavy (non-hydrogen) atoms. The predicted octanol–water partition coefficient (Wildman–Crippen LogP) is 4.65. The summed E-state index contributed by atoms with van der Waals surface area (Å²) in [6.45, 7) is 2.95. The van der Waals surface area contributed by atoms with Crippen LogP contribution in [0.1, 0.15) is 12.0 Å². The molecule has 2 aromatic heterocycles. The fourth-order valence-corrected chi connectivity index (χ4v) is 5.21. The van der Waals surface area contributed by atoms with E-state index in [1.165, 1.54) is 11.1 Å². The highest BCUT2D eigenvalue weighted by molar-refractivity contribution is 7.17. The van der Waals surface area contributed by atoms with Crippen molar-refractivity contribution in [2.24, 2.45) is 0 Å². The number of hydrogen-bond donors (Lipinski definition) is 0. The summed E-state index contributed by atoms with van der Waals surface area (Å²) >= 11 is 1.65. The second kappa shape index (κ2) is 9.58. The molecule has 1 aliphatic rings. The quantitative estimate of drug-likeness (QED) is 0.421. The fourth-order valence-electron chi connectivity index (χ4n) is 4.30. The minimum atomic E-state index is 0.207. The van der Waals surface area contributed by atoms with Gasteiger partial charge < -0.3 is 14.5 Å². The van der Waals surface area contributed by atoms with Gasteiger partial charge in [-0.3, -0.25) is 4.79 Å². The number of carbonyl (C=O) groups excluding carboxylic acids is 1. The molecule has 0 radical (unpaired) electrons. The van der Waals surface area contributed by atoms with Crippen LogP contribution in [0.3, 0.4) is 0 Å². The third-order valence-electron chi connectivity index (χ3n) is 6.15. The molecule has 1 aliphatic heterocycles. The third kappa shape index (κ3) is 4.54. The summed E-state index contributed by atoms with van der Waals surface area (Å²) in [4.78, 5) is 27.2. The lowest BCUT2D eigenvalue weighted by Gasteiger charge is -2.35. The minimum Gasteiger partial charge on any atom is -0.497 e. The van der Waals surface area contributed by atoms with E-state index in [0.29, 0.717) is 19.5 Å². The summed E-state index contributed by atoms with van der Waals surface area (Å²) in [5, 5.41) is 3.27. The number of amides is 1. The first-order valence-electron chi connectivity index (χ1n) is 11.2. The van der Waals surface area contributed by atoms with Gasteiger partial charge in [-0.15, -0.1) is 11.3 Å². The summed E-state index contributed by atoms with van der Waals surface area (Å²) in [7, 11) is 1.66. The maximum atomic E-state index is 12.8. The highest BCUT2D eigenvalue weighted by atomic mass is 32.1. The first-order chi connectivity index (χ1) is 16.2. The predicted molar refractivity (Wildman–Crippen MR) is 133 cm³/mol. The van der Waals surface area contributed by atoms with Crippen LogP contribution >= 0.6 is 11.3 Å². The number of piperazine rings is 1. The Morgan fingerprint density at radius 1 is 1.00 bits per heavy atom. The summed E-state index contributed by atoms with van der Waals surface area (Å²) in [5.41, 5.74) is 3.49. The first kappa shape index (κ1) is 21.4. The van der Waals surface area contributed by atoms with Gasteiger partial charge in [0.05, 0.1) is 12.5 Å². The third-order valence-corrected chi connectivity index (χ3v) is 7.04. The molecule has 0 aliphatic carbocycles. The number of aromatic nitrogens is 2. The Morgan fingerprint density at radius 3 is 2.48 bits per heavy atom. The highest BCUT2D eigenvalue weighted by Gasteiger charge is 2.24. The van der Waals surface area contributed by atoms with Gasteiger partial charge in [0, 0.05) is 43.5 Å². The zero-order chi connectivity index (χ0) is 22.6. The zero-order valence-corrected chi connectivity index (χ0v) is 19.4. The molecule has 0 unspecified atom stereocenters. The molecule has 2 aromatic carbocycles. The molecular weight excluding hydrogens is 432 g/mol. The zero-order valence-electron chi connectivity index (χ0n) is 18.6. The fraction of sp³-hybridized carbons (Fsp3) is 0.269. The summed E-state index contributed by atoms with van der Waals surface area (Å²) in [6, 6.07) is 18.3. The molecule has 1 amide bonds. The maximum Gasteiger partial charge on any atom is 0.223 e. The number of thiophene rings is 1. The van der Waals surface area contributed by atoms with E-state index in [1.807, 2.05) is 35.2 Å². The Labute approximate surface area is 197 Å². The number of methoxy groups -OCH3 is 1. The lowest BCUT2D eigenvalue weighted by atomic mass is 10.1. The average molecular weight is 459 g/mol. The normalized spacial score (nSPS) is 14.0.